The van der Waals surface area contributed by atoms with E-state index in [4.69, 9.17) is 0 Å². The molecule has 0 spiro atoms. The lowest BCUT2D eigenvalue weighted by atomic mass is 9.96. The van der Waals surface area contributed by atoms with Crippen LogP contribution in [0.5, 0.6) is 0 Å². The van der Waals surface area contributed by atoms with Gasteiger partial charge in [-0.2, -0.15) is 0 Å². The molecule has 0 atom stereocenters. The summed E-state index contributed by atoms with van der Waals surface area (Å²) in [6.45, 7) is 0. The Morgan fingerprint density at radius 2 is 2.12 bits per heavy atom. The molecule has 3 aromatic heterocycles. The molecule has 3 aromatic rings. The second-order valence-corrected chi connectivity index (χ2v) is 8.36. The van der Waals surface area contributed by atoms with Crippen LogP contribution in [0.15, 0.2) is 39.6 Å². The molecule has 0 bridgehead atoms. The van der Waals surface area contributed by atoms with Crippen molar-refractivity contribution in [1.82, 2.24) is 19.6 Å². The van der Waals surface area contributed by atoms with Crippen LogP contribution in [0.4, 0.5) is 5.13 Å². The number of aromatic nitrogens is 4. The first-order valence-corrected chi connectivity index (χ1v) is 10.3. The third-order valence-corrected chi connectivity index (χ3v) is 6.33. The fraction of sp³-hybridized carbons (Fsp3) is 0.412. The predicted octanol–water partition coefficient (Wildman–Crippen LogP) is 3.58. The fourth-order valence-corrected chi connectivity index (χ4v) is 4.78. The zero-order chi connectivity index (χ0) is 17.1. The van der Waals surface area contributed by atoms with E-state index < -0.39 is 0 Å². The van der Waals surface area contributed by atoms with Crippen LogP contribution in [0.2, 0.25) is 0 Å². The topological polar surface area (TPSA) is 72.2 Å². The highest BCUT2D eigenvalue weighted by molar-refractivity contribution is 8.00. The molecule has 0 aliphatic heterocycles. The molecule has 1 aliphatic carbocycles. The standard InChI is InChI=1S/C17H19N5OS2/c23-15-10-13(18-14-8-4-5-9-22(14)15)11-24-17-21-20-16(25-17)19-12-6-2-1-3-7-12/h4-5,8-10,12H,1-3,6-7,11H2,(H,19,20). The number of hydrogen-bond acceptors (Lipinski definition) is 7. The molecule has 8 heteroatoms. The van der Waals surface area contributed by atoms with Gasteiger partial charge in [-0.3, -0.25) is 9.20 Å². The molecule has 1 fully saturated rings. The first-order valence-electron chi connectivity index (χ1n) is 8.48. The van der Waals surface area contributed by atoms with Gasteiger partial charge < -0.3 is 5.32 Å². The molecular formula is C17H19N5OS2. The van der Waals surface area contributed by atoms with Crippen LogP contribution in [0.3, 0.4) is 0 Å². The number of nitrogens with one attached hydrogen (secondary N) is 1. The summed E-state index contributed by atoms with van der Waals surface area (Å²) < 4.78 is 2.44. The summed E-state index contributed by atoms with van der Waals surface area (Å²) in [7, 11) is 0. The number of thioether (sulfide) groups is 1. The van der Waals surface area contributed by atoms with Crippen molar-refractivity contribution in [1.29, 1.82) is 0 Å². The molecule has 3 heterocycles. The third-order valence-electron chi connectivity index (χ3n) is 4.31. The second kappa shape index (κ2) is 7.53. The van der Waals surface area contributed by atoms with E-state index in [9.17, 15) is 4.79 Å². The summed E-state index contributed by atoms with van der Waals surface area (Å²) in [6, 6.07) is 7.66. The number of rotatable bonds is 5. The number of hydrogen-bond donors (Lipinski definition) is 1. The minimum atomic E-state index is -0.0573. The minimum absolute atomic E-state index is 0.0573. The Morgan fingerprint density at radius 1 is 1.24 bits per heavy atom. The van der Waals surface area contributed by atoms with Gasteiger partial charge >= 0.3 is 0 Å². The van der Waals surface area contributed by atoms with Crippen LogP contribution in [0, 0.1) is 0 Å². The Balaban J connectivity index is 1.41. The van der Waals surface area contributed by atoms with E-state index in [0.29, 0.717) is 17.4 Å². The number of nitrogens with zero attached hydrogens (tertiary/aromatic N) is 4. The summed E-state index contributed by atoms with van der Waals surface area (Å²) in [5.41, 5.74) is 1.37. The molecule has 4 rings (SSSR count). The minimum Gasteiger partial charge on any atom is -0.357 e. The molecular weight excluding hydrogens is 354 g/mol. The molecule has 0 amide bonds. The molecule has 0 radical (unpaired) electrons. The maximum absolute atomic E-state index is 12.1. The predicted molar refractivity (Wildman–Crippen MR) is 101 cm³/mol. The summed E-state index contributed by atoms with van der Waals surface area (Å²) >= 11 is 3.14. The largest absolute Gasteiger partial charge is 0.357 e. The van der Waals surface area contributed by atoms with Gasteiger partial charge in [-0.1, -0.05) is 48.4 Å². The molecule has 0 unspecified atom stereocenters. The van der Waals surface area contributed by atoms with Gasteiger partial charge in [0.05, 0.1) is 5.69 Å². The van der Waals surface area contributed by atoms with Crippen molar-refractivity contribution in [2.45, 2.75) is 48.2 Å². The van der Waals surface area contributed by atoms with Gasteiger partial charge in [-0.05, 0) is 25.0 Å². The highest BCUT2D eigenvalue weighted by atomic mass is 32.2. The quantitative estimate of drug-likeness (QED) is 0.689. The van der Waals surface area contributed by atoms with Crippen molar-refractivity contribution >= 4 is 33.9 Å². The van der Waals surface area contributed by atoms with Gasteiger partial charge in [-0.25, -0.2) is 4.98 Å². The van der Waals surface area contributed by atoms with Crippen LogP contribution >= 0.6 is 23.1 Å². The zero-order valence-electron chi connectivity index (χ0n) is 13.7. The van der Waals surface area contributed by atoms with Crippen molar-refractivity contribution in [3.05, 3.63) is 46.5 Å². The van der Waals surface area contributed by atoms with E-state index in [1.807, 2.05) is 18.2 Å². The van der Waals surface area contributed by atoms with Crippen LogP contribution in [-0.4, -0.2) is 25.6 Å². The highest BCUT2D eigenvalue weighted by Crippen LogP contribution is 2.29. The number of fused-ring (bicyclic) bond motifs is 1. The SMILES string of the molecule is O=c1cc(CSc2nnc(NC3CCCCC3)s2)nc2ccccn12. The van der Waals surface area contributed by atoms with Crippen molar-refractivity contribution in [2.75, 3.05) is 5.32 Å². The fourth-order valence-electron chi connectivity index (χ4n) is 3.06. The third kappa shape index (κ3) is 4.01. The summed E-state index contributed by atoms with van der Waals surface area (Å²) in [5.74, 6) is 0.610. The lowest BCUT2D eigenvalue weighted by molar-refractivity contribution is 0.462. The first kappa shape index (κ1) is 16.5. The second-order valence-electron chi connectivity index (χ2n) is 6.16. The Kier molecular flexibility index (Phi) is 4.98. The van der Waals surface area contributed by atoms with E-state index in [0.717, 1.165) is 15.2 Å². The summed E-state index contributed by atoms with van der Waals surface area (Å²) in [5, 5.41) is 12.9. The Hall–Kier alpha value is -1.93. The lowest BCUT2D eigenvalue weighted by Crippen LogP contribution is -2.21. The maximum atomic E-state index is 12.1. The monoisotopic (exact) mass is 373 g/mol. The number of pyridine rings is 1. The Labute approximate surface area is 153 Å². The maximum Gasteiger partial charge on any atom is 0.258 e. The van der Waals surface area contributed by atoms with Gasteiger partial charge in [0.1, 0.15) is 5.65 Å². The molecule has 25 heavy (non-hydrogen) atoms. The van der Waals surface area contributed by atoms with Crippen molar-refractivity contribution < 1.29 is 0 Å². The molecule has 1 saturated carbocycles. The molecule has 130 valence electrons. The zero-order valence-corrected chi connectivity index (χ0v) is 15.4. The van der Waals surface area contributed by atoms with E-state index in [-0.39, 0.29) is 5.56 Å². The Morgan fingerprint density at radius 3 is 3.00 bits per heavy atom. The first-order chi connectivity index (χ1) is 12.3. The summed E-state index contributed by atoms with van der Waals surface area (Å²) in [6.07, 6.45) is 8.09. The van der Waals surface area contributed by atoms with Gasteiger partial charge in [0.25, 0.3) is 5.56 Å². The molecule has 6 nitrogen and oxygen atoms in total. The number of anilines is 1. The van der Waals surface area contributed by atoms with Gasteiger partial charge in [0.2, 0.25) is 5.13 Å². The van der Waals surface area contributed by atoms with Gasteiger partial charge in [0, 0.05) is 24.1 Å². The van der Waals surface area contributed by atoms with Crippen molar-refractivity contribution in [3.8, 4) is 0 Å². The smallest absolute Gasteiger partial charge is 0.258 e. The van der Waals surface area contributed by atoms with Crippen molar-refractivity contribution in [3.63, 3.8) is 0 Å². The molecule has 0 saturated heterocycles. The molecule has 1 N–H and O–H groups in total. The highest BCUT2D eigenvalue weighted by Gasteiger charge is 2.15. The summed E-state index contributed by atoms with van der Waals surface area (Å²) in [4.78, 5) is 16.6. The van der Waals surface area contributed by atoms with E-state index in [2.05, 4.69) is 20.5 Å². The van der Waals surface area contributed by atoms with E-state index >= 15 is 0 Å². The molecule has 0 aromatic carbocycles. The van der Waals surface area contributed by atoms with Crippen LogP contribution in [-0.2, 0) is 5.75 Å². The van der Waals surface area contributed by atoms with E-state index in [1.54, 1.807) is 39.8 Å². The van der Waals surface area contributed by atoms with Crippen LogP contribution in [0.25, 0.3) is 5.65 Å². The van der Waals surface area contributed by atoms with Crippen LogP contribution < -0.4 is 10.9 Å². The normalized spacial score (nSPS) is 15.5. The van der Waals surface area contributed by atoms with Gasteiger partial charge in [0.15, 0.2) is 4.34 Å². The van der Waals surface area contributed by atoms with Gasteiger partial charge in [-0.15, -0.1) is 10.2 Å². The lowest BCUT2D eigenvalue weighted by Gasteiger charge is -2.21. The van der Waals surface area contributed by atoms with E-state index in [1.165, 1.54) is 32.1 Å². The molecule has 1 aliphatic rings. The van der Waals surface area contributed by atoms with Crippen LogP contribution in [0.1, 0.15) is 37.8 Å². The average Bonchev–Trinajstić information content (AvgIpc) is 3.08. The Bertz CT molecular complexity index is 917. The van der Waals surface area contributed by atoms with Crippen molar-refractivity contribution in [2.24, 2.45) is 0 Å². The average molecular weight is 374 g/mol.